The molecular formula is C13H12Cl2FNO4. The summed E-state index contributed by atoms with van der Waals surface area (Å²) < 4.78 is 23.3. The summed E-state index contributed by atoms with van der Waals surface area (Å²) in [4.78, 5) is 25.2. The lowest BCUT2D eigenvalue weighted by molar-refractivity contribution is -0.158. The van der Waals surface area contributed by atoms with E-state index in [1.165, 1.54) is 18.1 Å². The van der Waals surface area contributed by atoms with Crippen molar-refractivity contribution in [1.82, 2.24) is 4.90 Å². The van der Waals surface area contributed by atoms with Crippen molar-refractivity contribution in [2.24, 2.45) is 0 Å². The van der Waals surface area contributed by atoms with Crippen LogP contribution in [0.15, 0.2) is 12.1 Å². The number of morpholine rings is 1. The third kappa shape index (κ3) is 3.45. The van der Waals surface area contributed by atoms with Gasteiger partial charge >= 0.3 is 5.97 Å². The van der Waals surface area contributed by atoms with E-state index in [9.17, 15) is 14.0 Å². The number of rotatable bonds is 2. The number of amides is 1. The molecule has 1 aliphatic rings. The first-order valence-corrected chi connectivity index (χ1v) is 6.83. The smallest absolute Gasteiger partial charge is 0.336 e. The SMILES string of the molecule is COC(=O)C1CN(C(=O)c2cc(F)c(Cl)cc2Cl)CCO1. The van der Waals surface area contributed by atoms with E-state index in [2.05, 4.69) is 4.74 Å². The normalized spacial score (nSPS) is 18.5. The quantitative estimate of drug-likeness (QED) is 0.613. The van der Waals surface area contributed by atoms with Crippen LogP contribution in [0.25, 0.3) is 0 Å². The Labute approximate surface area is 130 Å². The summed E-state index contributed by atoms with van der Waals surface area (Å²) in [5.41, 5.74) is -0.0101. The third-order valence-corrected chi connectivity index (χ3v) is 3.66. The molecule has 2 rings (SSSR count). The van der Waals surface area contributed by atoms with Crippen LogP contribution in [0.2, 0.25) is 10.0 Å². The van der Waals surface area contributed by atoms with Gasteiger partial charge in [0.05, 0.1) is 35.9 Å². The molecule has 0 aliphatic carbocycles. The van der Waals surface area contributed by atoms with Crippen molar-refractivity contribution in [2.75, 3.05) is 26.8 Å². The number of esters is 1. The molecule has 5 nitrogen and oxygen atoms in total. The fraction of sp³-hybridized carbons (Fsp3) is 0.385. The molecule has 0 aromatic heterocycles. The van der Waals surface area contributed by atoms with Crippen molar-refractivity contribution in [3.63, 3.8) is 0 Å². The van der Waals surface area contributed by atoms with Crippen LogP contribution in [0.4, 0.5) is 4.39 Å². The van der Waals surface area contributed by atoms with Crippen molar-refractivity contribution < 1.29 is 23.5 Å². The zero-order chi connectivity index (χ0) is 15.6. The second-order valence-corrected chi connectivity index (χ2v) is 5.19. The molecule has 8 heteroatoms. The summed E-state index contributed by atoms with van der Waals surface area (Å²) in [6.07, 6.45) is -0.858. The van der Waals surface area contributed by atoms with Crippen LogP contribution in [-0.2, 0) is 14.3 Å². The predicted molar refractivity (Wildman–Crippen MR) is 74.1 cm³/mol. The van der Waals surface area contributed by atoms with E-state index in [4.69, 9.17) is 27.9 Å². The molecule has 1 fully saturated rings. The lowest BCUT2D eigenvalue weighted by Gasteiger charge is -2.31. The Bertz CT molecular complexity index is 582. The van der Waals surface area contributed by atoms with E-state index in [-0.39, 0.29) is 35.3 Å². The third-order valence-electron chi connectivity index (χ3n) is 3.06. The Morgan fingerprint density at radius 1 is 1.38 bits per heavy atom. The maximum atomic E-state index is 13.5. The van der Waals surface area contributed by atoms with Gasteiger partial charge in [-0.15, -0.1) is 0 Å². The zero-order valence-electron chi connectivity index (χ0n) is 11.1. The van der Waals surface area contributed by atoms with Crippen LogP contribution in [0.5, 0.6) is 0 Å². The van der Waals surface area contributed by atoms with Crippen LogP contribution >= 0.6 is 23.2 Å². The number of hydrogen-bond acceptors (Lipinski definition) is 4. The van der Waals surface area contributed by atoms with Crippen molar-refractivity contribution in [1.29, 1.82) is 0 Å². The minimum atomic E-state index is -0.858. The van der Waals surface area contributed by atoms with Gasteiger partial charge in [0, 0.05) is 6.54 Å². The predicted octanol–water partition coefficient (Wildman–Crippen LogP) is 2.15. The second-order valence-electron chi connectivity index (χ2n) is 4.38. The summed E-state index contributed by atoms with van der Waals surface area (Å²) >= 11 is 11.5. The molecule has 1 aliphatic heterocycles. The summed E-state index contributed by atoms with van der Waals surface area (Å²) in [6.45, 7) is 0.470. The monoisotopic (exact) mass is 335 g/mol. The lowest BCUT2D eigenvalue weighted by atomic mass is 10.1. The highest BCUT2D eigenvalue weighted by molar-refractivity contribution is 6.36. The highest BCUT2D eigenvalue weighted by atomic mass is 35.5. The average Bonchev–Trinajstić information content (AvgIpc) is 2.49. The van der Waals surface area contributed by atoms with Gasteiger partial charge in [0.15, 0.2) is 6.10 Å². The fourth-order valence-electron chi connectivity index (χ4n) is 1.96. The molecule has 0 radical (unpaired) electrons. The molecule has 1 aromatic carbocycles. The molecular weight excluding hydrogens is 324 g/mol. The van der Waals surface area contributed by atoms with Crippen LogP contribution in [0, 0.1) is 5.82 Å². The molecule has 0 saturated carbocycles. The highest BCUT2D eigenvalue weighted by Crippen LogP contribution is 2.26. The highest BCUT2D eigenvalue weighted by Gasteiger charge is 2.31. The molecule has 1 aromatic rings. The van der Waals surface area contributed by atoms with Crippen LogP contribution in [-0.4, -0.2) is 49.7 Å². The first-order valence-electron chi connectivity index (χ1n) is 6.07. The van der Waals surface area contributed by atoms with Crippen molar-refractivity contribution in [3.05, 3.63) is 33.6 Å². The van der Waals surface area contributed by atoms with Gasteiger partial charge in [0.2, 0.25) is 0 Å². The Balaban J connectivity index is 2.20. The van der Waals surface area contributed by atoms with E-state index in [0.717, 1.165) is 6.07 Å². The first kappa shape index (κ1) is 16.0. The van der Waals surface area contributed by atoms with Gasteiger partial charge in [0.25, 0.3) is 5.91 Å². The van der Waals surface area contributed by atoms with Gasteiger partial charge in [-0.2, -0.15) is 0 Å². The summed E-state index contributed by atoms with van der Waals surface area (Å²) in [5, 5.41) is -0.113. The van der Waals surface area contributed by atoms with Gasteiger partial charge in [-0.3, -0.25) is 4.79 Å². The Kier molecular flexibility index (Phi) is 5.03. The number of halogens is 3. The topological polar surface area (TPSA) is 55.8 Å². The van der Waals surface area contributed by atoms with Crippen LogP contribution in [0.3, 0.4) is 0 Å². The van der Waals surface area contributed by atoms with Crippen molar-refractivity contribution in [2.45, 2.75) is 6.10 Å². The maximum absolute atomic E-state index is 13.5. The lowest BCUT2D eigenvalue weighted by Crippen LogP contribution is -2.49. The standard InChI is InChI=1S/C13H12Cl2FNO4/c1-20-13(19)11-6-17(2-3-21-11)12(18)7-4-10(16)9(15)5-8(7)14/h4-5,11H,2-3,6H2,1H3. The van der Waals surface area contributed by atoms with E-state index in [1.54, 1.807) is 0 Å². The van der Waals surface area contributed by atoms with E-state index < -0.39 is 23.8 Å². The number of methoxy groups -OCH3 is 1. The molecule has 0 spiro atoms. The second kappa shape index (κ2) is 6.60. The summed E-state index contributed by atoms with van der Waals surface area (Å²) in [5.74, 6) is -1.80. The first-order chi connectivity index (χ1) is 9.93. The van der Waals surface area contributed by atoms with Crippen molar-refractivity contribution >= 4 is 35.1 Å². The molecule has 1 heterocycles. The fourth-order valence-corrected chi connectivity index (χ4v) is 2.43. The largest absolute Gasteiger partial charge is 0.467 e. The number of carbonyl (C=O) groups excluding carboxylic acids is 2. The minimum Gasteiger partial charge on any atom is -0.467 e. The van der Waals surface area contributed by atoms with Gasteiger partial charge in [-0.05, 0) is 12.1 Å². The zero-order valence-corrected chi connectivity index (χ0v) is 12.6. The molecule has 21 heavy (non-hydrogen) atoms. The van der Waals surface area contributed by atoms with Gasteiger partial charge in [-0.25, -0.2) is 9.18 Å². The van der Waals surface area contributed by atoms with E-state index >= 15 is 0 Å². The Morgan fingerprint density at radius 2 is 2.10 bits per heavy atom. The Hall–Kier alpha value is -1.37. The molecule has 1 saturated heterocycles. The average molecular weight is 336 g/mol. The van der Waals surface area contributed by atoms with E-state index in [1.807, 2.05) is 0 Å². The molecule has 1 atom stereocenters. The van der Waals surface area contributed by atoms with E-state index in [0.29, 0.717) is 0 Å². The minimum absolute atomic E-state index is 0.0101. The molecule has 1 unspecified atom stereocenters. The Morgan fingerprint density at radius 3 is 2.76 bits per heavy atom. The van der Waals surface area contributed by atoms with Gasteiger partial charge in [0.1, 0.15) is 5.82 Å². The summed E-state index contributed by atoms with van der Waals surface area (Å²) in [7, 11) is 1.23. The maximum Gasteiger partial charge on any atom is 0.336 e. The molecule has 114 valence electrons. The molecule has 1 amide bonds. The number of nitrogens with zero attached hydrogens (tertiary/aromatic N) is 1. The van der Waals surface area contributed by atoms with Crippen molar-refractivity contribution in [3.8, 4) is 0 Å². The van der Waals surface area contributed by atoms with Crippen LogP contribution < -0.4 is 0 Å². The molecule has 0 N–H and O–H groups in total. The summed E-state index contributed by atoms with van der Waals surface area (Å²) in [6, 6.07) is 2.15. The molecule has 0 bridgehead atoms. The van der Waals surface area contributed by atoms with Crippen LogP contribution in [0.1, 0.15) is 10.4 Å². The number of hydrogen-bond donors (Lipinski definition) is 0. The van der Waals surface area contributed by atoms with Gasteiger partial charge < -0.3 is 14.4 Å². The number of carbonyl (C=O) groups is 2. The number of ether oxygens (including phenoxy) is 2. The van der Waals surface area contributed by atoms with Gasteiger partial charge in [-0.1, -0.05) is 23.2 Å². The number of benzene rings is 1.